The van der Waals surface area contributed by atoms with Crippen LogP contribution in [0.2, 0.25) is 18.1 Å². The Labute approximate surface area is 254 Å². The van der Waals surface area contributed by atoms with Crippen LogP contribution in [0.25, 0.3) is 0 Å². The van der Waals surface area contributed by atoms with Crippen LogP contribution in [0.4, 0.5) is 0 Å². The number of nitrogens with one attached hydrogen (secondary N) is 1. The van der Waals surface area contributed by atoms with Gasteiger partial charge in [-0.1, -0.05) is 52.4 Å². The Morgan fingerprint density at radius 1 is 0.850 bits per heavy atom. The SMILES string of the molecule is CC(C)(O)C1CCCCC1CCC(CC(C)(C)[Si](C)(C)O)C1CCCC(CCC2CCC3CCC(Cl)CC3N2)C1. The van der Waals surface area contributed by atoms with Crippen LogP contribution in [0.15, 0.2) is 0 Å². The van der Waals surface area contributed by atoms with E-state index in [1.54, 1.807) is 0 Å². The minimum Gasteiger partial charge on any atom is -0.432 e. The lowest BCUT2D eigenvalue weighted by molar-refractivity contribution is -0.0316. The fraction of sp³-hybridized carbons (Fsp3) is 1.00. The summed E-state index contributed by atoms with van der Waals surface area (Å²) < 4.78 is 0. The van der Waals surface area contributed by atoms with Gasteiger partial charge in [-0.15, -0.1) is 11.6 Å². The summed E-state index contributed by atoms with van der Waals surface area (Å²) in [6.07, 6.45) is 23.6. The van der Waals surface area contributed by atoms with Gasteiger partial charge in [0.25, 0.3) is 0 Å². The van der Waals surface area contributed by atoms with Gasteiger partial charge in [0.2, 0.25) is 0 Å². The molecule has 9 unspecified atom stereocenters. The second-order valence-electron chi connectivity index (χ2n) is 16.9. The van der Waals surface area contributed by atoms with E-state index in [0.717, 1.165) is 17.8 Å². The number of aliphatic hydroxyl groups is 1. The molecule has 5 heteroatoms. The summed E-state index contributed by atoms with van der Waals surface area (Å²) >= 11 is 6.54. The highest BCUT2D eigenvalue weighted by Crippen LogP contribution is 2.49. The van der Waals surface area contributed by atoms with E-state index in [1.807, 2.05) is 13.8 Å². The summed E-state index contributed by atoms with van der Waals surface area (Å²) in [6, 6.07) is 1.36. The Balaban J connectivity index is 1.36. The smallest absolute Gasteiger partial charge is 0.188 e. The highest BCUT2D eigenvalue weighted by Gasteiger charge is 2.43. The Morgan fingerprint density at radius 3 is 2.30 bits per heavy atom. The van der Waals surface area contributed by atoms with Gasteiger partial charge in [0.1, 0.15) is 0 Å². The van der Waals surface area contributed by atoms with E-state index in [0.29, 0.717) is 35.2 Å². The molecule has 9 atom stereocenters. The maximum Gasteiger partial charge on any atom is 0.188 e. The molecule has 0 aromatic rings. The minimum absolute atomic E-state index is 0.0374. The highest BCUT2D eigenvalue weighted by atomic mass is 35.5. The number of piperidine rings is 1. The quantitative estimate of drug-likeness (QED) is 0.165. The maximum absolute atomic E-state index is 11.2. The van der Waals surface area contributed by atoms with Crippen molar-refractivity contribution < 1.29 is 9.90 Å². The second-order valence-corrected chi connectivity index (χ2v) is 22.0. The molecule has 0 radical (unpaired) electrons. The Kier molecular flexibility index (Phi) is 11.6. The lowest BCUT2D eigenvalue weighted by Crippen LogP contribution is -2.50. The second kappa shape index (κ2) is 14.0. The van der Waals surface area contributed by atoms with E-state index in [9.17, 15) is 9.90 Å². The van der Waals surface area contributed by atoms with Crippen LogP contribution in [0.5, 0.6) is 0 Å². The number of alkyl halides is 1. The molecule has 0 amide bonds. The number of halogens is 1. The zero-order valence-corrected chi connectivity index (χ0v) is 29.0. The van der Waals surface area contributed by atoms with Gasteiger partial charge in [-0.3, -0.25) is 0 Å². The third kappa shape index (κ3) is 8.96. The van der Waals surface area contributed by atoms with Crippen LogP contribution in [0.3, 0.4) is 0 Å². The van der Waals surface area contributed by atoms with Crippen molar-refractivity contribution in [1.82, 2.24) is 5.32 Å². The third-order valence-electron chi connectivity index (χ3n) is 12.8. The molecule has 3 aliphatic carbocycles. The zero-order chi connectivity index (χ0) is 29.1. The van der Waals surface area contributed by atoms with Gasteiger partial charge in [0.15, 0.2) is 8.32 Å². The first-order valence-electron chi connectivity index (χ1n) is 17.6. The molecule has 234 valence electrons. The molecule has 4 fully saturated rings. The molecule has 1 aliphatic heterocycles. The van der Waals surface area contributed by atoms with Gasteiger partial charge in [-0.25, -0.2) is 0 Å². The monoisotopic (exact) mass is 595 g/mol. The summed E-state index contributed by atoms with van der Waals surface area (Å²) in [5.74, 6) is 4.35. The fourth-order valence-electron chi connectivity index (χ4n) is 9.54. The molecule has 0 aromatic heterocycles. The number of rotatable bonds is 11. The molecule has 40 heavy (non-hydrogen) atoms. The molecule has 0 aromatic carbocycles. The molecule has 0 bridgehead atoms. The Bertz CT molecular complexity index is 776. The molecular formula is C35H66ClNO2Si. The molecule has 3 saturated carbocycles. The first-order valence-corrected chi connectivity index (χ1v) is 21.0. The van der Waals surface area contributed by atoms with Crippen molar-refractivity contribution >= 4 is 19.9 Å². The maximum atomic E-state index is 11.2. The fourth-order valence-corrected chi connectivity index (χ4v) is 10.6. The van der Waals surface area contributed by atoms with Crippen LogP contribution in [0, 0.1) is 35.5 Å². The summed E-state index contributed by atoms with van der Waals surface area (Å²) in [6.45, 7) is 13.1. The van der Waals surface area contributed by atoms with Crippen molar-refractivity contribution in [1.29, 1.82) is 0 Å². The Hall–Kier alpha value is 0.387. The van der Waals surface area contributed by atoms with E-state index in [2.05, 4.69) is 32.3 Å². The van der Waals surface area contributed by atoms with Gasteiger partial charge in [0, 0.05) is 17.5 Å². The predicted octanol–water partition coefficient (Wildman–Crippen LogP) is 9.44. The van der Waals surface area contributed by atoms with Crippen molar-refractivity contribution in [3.8, 4) is 0 Å². The van der Waals surface area contributed by atoms with Crippen molar-refractivity contribution in [2.24, 2.45) is 35.5 Å². The average Bonchev–Trinajstić information content (AvgIpc) is 2.88. The Morgan fingerprint density at radius 2 is 1.57 bits per heavy atom. The third-order valence-corrected chi connectivity index (χ3v) is 16.7. The molecule has 3 nitrogen and oxygen atoms in total. The van der Waals surface area contributed by atoms with Gasteiger partial charge in [-0.05, 0) is 145 Å². The summed E-state index contributed by atoms with van der Waals surface area (Å²) in [5.41, 5.74) is -0.564. The van der Waals surface area contributed by atoms with Crippen LogP contribution in [0.1, 0.15) is 143 Å². The molecular weight excluding hydrogens is 530 g/mol. The predicted molar refractivity (Wildman–Crippen MR) is 174 cm³/mol. The van der Waals surface area contributed by atoms with E-state index >= 15 is 0 Å². The van der Waals surface area contributed by atoms with Crippen LogP contribution < -0.4 is 5.32 Å². The van der Waals surface area contributed by atoms with Gasteiger partial charge in [-0.2, -0.15) is 0 Å². The van der Waals surface area contributed by atoms with E-state index in [-0.39, 0.29) is 5.04 Å². The first-order chi connectivity index (χ1) is 18.7. The minimum atomic E-state index is -2.25. The van der Waals surface area contributed by atoms with E-state index in [4.69, 9.17) is 11.6 Å². The molecule has 1 saturated heterocycles. The molecule has 4 aliphatic rings. The highest BCUT2D eigenvalue weighted by molar-refractivity contribution is 6.72. The summed E-state index contributed by atoms with van der Waals surface area (Å²) in [5, 5.41) is 15.4. The van der Waals surface area contributed by atoms with E-state index in [1.165, 1.54) is 116 Å². The van der Waals surface area contributed by atoms with Crippen molar-refractivity contribution in [2.45, 2.75) is 184 Å². The normalized spacial score (nSPS) is 37.1. The van der Waals surface area contributed by atoms with Crippen LogP contribution >= 0.6 is 11.6 Å². The molecule has 1 heterocycles. The van der Waals surface area contributed by atoms with Gasteiger partial charge in [0.05, 0.1) is 5.60 Å². The largest absolute Gasteiger partial charge is 0.432 e. The molecule has 0 spiro atoms. The molecule has 4 rings (SSSR count). The van der Waals surface area contributed by atoms with Crippen molar-refractivity contribution in [2.75, 3.05) is 0 Å². The van der Waals surface area contributed by atoms with Gasteiger partial charge >= 0.3 is 0 Å². The topological polar surface area (TPSA) is 52.5 Å². The lowest BCUT2D eigenvalue weighted by Gasteiger charge is -2.44. The zero-order valence-electron chi connectivity index (χ0n) is 27.2. The summed E-state index contributed by atoms with van der Waals surface area (Å²) in [4.78, 5) is 11.2. The van der Waals surface area contributed by atoms with Crippen LogP contribution in [-0.2, 0) is 0 Å². The van der Waals surface area contributed by atoms with Crippen molar-refractivity contribution in [3.05, 3.63) is 0 Å². The van der Waals surface area contributed by atoms with E-state index < -0.39 is 13.9 Å². The lowest BCUT2D eigenvalue weighted by atomic mass is 9.66. The number of hydrogen-bond acceptors (Lipinski definition) is 3. The van der Waals surface area contributed by atoms with Crippen LogP contribution in [-0.4, -0.2) is 41.3 Å². The number of hydrogen-bond donors (Lipinski definition) is 3. The van der Waals surface area contributed by atoms with Gasteiger partial charge < -0.3 is 15.2 Å². The molecule has 3 N–H and O–H groups in total. The van der Waals surface area contributed by atoms with Crippen molar-refractivity contribution in [3.63, 3.8) is 0 Å². The standard InChI is InChI=1S/C35H66ClNO2Si/c1-34(2,40(5,6)39)24-29(16-15-26-11-7-8-13-32(26)35(3,4)38)28-12-9-10-25(22-28)14-20-31-21-18-27-17-19-30(36)23-33(27)37-31/h25-33,37-39H,7-24H2,1-6H3. The average molecular weight is 596 g/mol. The first kappa shape index (κ1) is 33.3. The summed E-state index contributed by atoms with van der Waals surface area (Å²) in [7, 11) is -2.25. The number of fused-ring (bicyclic) bond motifs is 1.